The molecule has 1 N–H and O–H groups in total. The molecule has 1 atom stereocenters. The molecule has 1 heterocycles. The summed E-state index contributed by atoms with van der Waals surface area (Å²) < 4.78 is 0. The lowest BCUT2D eigenvalue weighted by Gasteiger charge is -2.44. The number of likely N-dealkylation sites (tertiary alicyclic amines) is 1. The van der Waals surface area contributed by atoms with Crippen LogP contribution in [0.25, 0.3) is 0 Å². The fraction of sp³-hybridized carbons (Fsp3) is 1.00. The van der Waals surface area contributed by atoms with E-state index in [0.29, 0.717) is 11.5 Å². The van der Waals surface area contributed by atoms with E-state index in [1.165, 1.54) is 83.8 Å². The maximum atomic E-state index is 3.77. The van der Waals surface area contributed by atoms with E-state index in [1.807, 2.05) is 0 Å². The molecule has 0 radical (unpaired) electrons. The van der Waals surface area contributed by atoms with Crippen LogP contribution in [0.4, 0.5) is 0 Å². The van der Waals surface area contributed by atoms with Gasteiger partial charge in [-0.3, -0.25) is 4.90 Å². The molecule has 2 fully saturated rings. The van der Waals surface area contributed by atoms with Gasteiger partial charge >= 0.3 is 0 Å². The fourth-order valence-corrected chi connectivity index (χ4v) is 4.45. The molecule has 0 aromatic rings. The molecule has 2 nitrogen and oxygen atoms in total. The lowest BCUT2D eigenvalue weighted by molar-refractivity contribution is 0.0726. The van der Waals surface area contributed by atoms with Gasteiger partial charge in [0.1, 0.15) is 0 Å². The fourth-order valence-electron chi connectivity index (χ4n) is 4.45. The van der Waals surface area contributed by atoms with Crippen LogP contribution in [0.3, 0.4) is 0 Å². The first kappa shape index (κ1) is 17.3. The summed E-state index contributed by atoms with van der Waals surface area (Å²) in [6.45, 7) is 10.9. The largest absolute Gasteiger partial charge is 0.314 e. The van der Waals surface area contributed by atoms with Crippen molar-refractivity contribution in [2.24, 2.45) is 5.41 Å². The molecule has 21 heavy (non-hydrogen) atoms. The lowest BCUT2D eigenvalue weighted by Crippen LogP contribution is -2.49. The first-order chi connectivity index (χ1) is 10.2. The number of hydrogen-bond donors (Lipinski definition) is 1. The average molecular weight is 295 g/mol. The Morgan fingerprint density at radius 1 is 1.05 bits per heavy atom. The first-order valence-electron chi connectivity index (χ1n) is 9.63. The van der Waals surface area contributed by atoms with Crippen LogP contribution in [0.5, 0.6) is 0 Å². The molecule has 0 bridgehead atoms. The zero-order valence-electron chi connectivity index (χ0n) is 14.8. The van der Waals surface area contributed by atoms with Gasteiger partial charge in [0.15, 0.2) is 0 Å². The molecule has 1 saturated heterocycles. The normalized spacial score (nSPS) is 27.7. The van der Waals surface area contributed by atoms with E-state index in [-0.39, 0.29) is 0 Å². The van der Waals surface area contributed by atoms with E-state index in [0.717, 1.165) is 6.04 Å². The minimum atomic E-state index is 0.556. The first-order valence-corrected chi connectivity index (χ1v) is 9.63. The van der Waals surface area contributed by atoms with E-state index in [9.17, 15) is 0 Å². The lowest BCUT2D eigenvalue weighted by atomic mass is 9.73. The monoisotopic (exact) mass is 294 g/mol. The summed E-state index contributed by atoms with van der Waals surface area (Å²) in [7, 11) is 0. The van der Waals surface area contributed by atoms with Gasteiger partial charge < -0.3 is 5.32 Å². The molecule has 1 saturated carbocycles. The van der Waals surface area contributed by atoms with Gasteiger partial charge in [-0.2, -0.15) is 0 Å². The molecule has 2 aliphatic rings. The summed E-state index contributed by atoms with van der Waals surface area (Å²) in [5, 5.41) is 3.77. The second-order valence-electron chi connectivity index (χ2n) is 7.98. The number of nitrogens with zero attached hydrogens (tertiary/aromatic N) is 1. The molecular weight excluding hydrogens is 256 g/mol. The zero-order chi connectivity index (χ0) is 15.1. The predicted molar refractivity (Wildman–Crippen MR) is 92.8 cm³/mol. The van der Waals surface area contributed by atoms with Crippen LogP contribution in [-0.4, -0.2) is 36.6 Å². The number of rotatable bonds is 6. The van der Waals surface area contributed by atoms with Crippen LogP contribution in [0.1, 0.15) is 85.0 Å². The van der Waals surface area contributed by atoms with E-state index in [1.54, 1.807) is 0 Å². The molecule has 1 unspecified atom stereocenters. The standard InChI is InChI=1S/C19H38N2/c1-4-18-11-7-5-10-14-21(18)16-19(15-20-17(2)3)12-8-6-9-13-19/h17-18,20H,4-16H2,1-3H3. The molecule has 1 aliphatic carbocycles. The summed E-state index contributed by atoms with van der Waals surface area (Å²) in [5.41, 5.74) is 0.556. The van der Waals surface area contributed by atoms with Gasteiger partial charge in [-0.15, -0.1) is 0 Å². The van der Waals surface area contributed by atoms with Gasteiger partial charge in [0.2, 0.25) is 0 Å². The second-order valence-corrected chi connectivity index (χ2v) is 7.98. The van der Waals surface area contributed by atoms with E-state index in [4.69, 9.17) is 0 Å². The second kappa shape index (κ2) is 8.53. The SMILES string of the molecule is CCC1CCCCCN1CC1(CNC(C)C)CCCCC1. The van der Waals surface area contributed by atoms with Crippen LogP contribution < -0.4 is 5.32 Å². The quantitative estimate of drug-likeness (QED) is 0.771. The van der Waals surface area contributed by atoms with Gasteiger partial charge in [0, 0.05) is 25.2 Å². The maximum absolute atomic E-state index is 3.77. The number of hydrogen-bond acceptors (Lipinski definition) is 2. The van der Waals surface area contributed by atoms with Gasteiger partial charge in [-0.1, -0.05) is 52.9 Å². The summed E-state index contributed by atoms with van der Waals surface area (Å²) in [4.78, 5) is 2.88. The Kier molecular flexibility index (Phi) is 7.01. The van der Waals surface area contributed by atoms with Crippen LogP contribution >= 0.6 is 0 Å². The third-order valence-corrected chi connectivity index (χ3v) is 5.81. The van der Waals surface area contributed by atoms with Crippen LogP contribution in [0.2, 0.25) is 0 Å². The average Bonchev–Trinajstić information content (AvgIpc) is 2.71. The van der Waals surface area contributed by atoms with Crippen LogP contribution in [-0.2, 0) is 0 Å². The summed E-state index contributed by atoms with van der Waals surface area (Å²) >= 11 is 0. The molecule has 0 aromatic heterocycles. The molecule has 0 spiro atoms. The Morgan fingerprint density at radius 2 is 1.76 bits per heavy atom. The molecule has 0 aromatic carbocycles. The van der Waals surface area contributed by atoms with E-state index in [2.05, 4.69) is 31.0 Å². The molecule has 2 rings (SSSR count). The van der Waals surface area contributed by atoms with Crippen molar-refractivity contribution in [2.75, 3.05) is 19.6 Å². The maximum Gasteiger partial charge on any atom is 0.00928 e. The van der Waals surface area contributed by atoms with Gasteiger partial charge in [-0.05, 0) is 44.1 Å². The van der Waals surface area contributed by atoms with Crippen LogP contribution in [0.15, 0.2) is 0 Å². The smallest absolute Gasteiger partial charge is 0.00928 e. The highest BCUT2D eigenvalue weighted by molar-refractivity contribution is 4.90. The van der Waals surface area contributed by atoms with Gasteiger partial charge in [0.25, 0.3) is 0 Å². The third kappa shape index (κ3) is 5.25. The third-order valence-electron chi connectivity index (χ3n) is 5.81. The van der Waals surface area contributed by atoms with Crippen molar-refractivity contribution in [3.8, 4) is 0 Å². The highest BCUT2D eigenvalue weighted by Gasteiger charge is 2.35. The summed E-state index contributed by atoms with van der Waals surface area (Å²) in [6.07, 6.45) is 14.3. The zero-order valence-corrected chi connectivity index (χ0v) is 14.8. The molecule has 124 valence electrons. The Labute approximate surface area is 133 Å². The Hall–Kier alpha value is -0.0800. The highest BCUT2D eigenvalue weighted by Crippen LogP contribution is 2.38. The van der Waals surface area contributed by atoms with Crippen molar-refractivity contribution in [2.45, 2.75) is 97.1 Å². The van der Waals surface area contributed by atoms with E-state index >= 15 is 0 Å². The molecule has 2 heteroatoms. The van der Waals surface area contributed by atoms with Crippen molar-refractivity contribution >= 4 is 0 Å². The molecule has 0 amide bonds. The summed E-state index contributed by atoms with van der Waals surface area (Å²) in [6, 6.07) is 1.47. The van der Waals surface area contributed by atoms with Crippen molar-refractivity contribution in [3.05, 3.63) is 0 Å². The summed E-state index contributed by atoms with van der Waals surface area (Å²) in [5.74, 6) is 0. The predicted octanol–water partition coefficient (Wildman–Crippen LogP) is 4.59. The Morgan fingerprint density at radius 3 is 2.43 bits per heavy atom. The minimum Gasteiger partial charge on any atom is -0.314 e. The number of nitrogens with one attached hydrogen (secondary N) is 1. The Balaban J connectivity index is 2.01. The van der Waals surface area contributed by atoms with Gasteiger partial charge in [0.05, 0.1) is 0 Å². The van der Waals surface area contributed by atoms with Crippen molar-refractivity contribution in [1.82, 2.24) is 10.2 Å². The Bertz CT molecular complexity index is 281. The van der Waals surface area contributed by atoms with Crippen molar-refractivity contribution < 1.29 is 0 Å². The topological polar surface area (TPSA) is 15.3 Å². The van der Waals surface area contributed by atoms with Gasteiger partial charge in [-0.25, -0.2) is 0 Å². The highest BCUT2D eigenvalue weighted by atomic mass is 15.2. The molecule has 1 aliphatic heterocycles. The molecular formula is C19H38N2. The van der Waals surface area contributed by atoms with Crippen molar-refractivity contribution in [3.63, 3.8) is 0 Å². The van der Waals surface area contributed by atoms with Crippen LogP contribution in [0, 0.1) is 5.41 Å². The van der Waals surface area contributed by atoms with E-state index < -0.39 is 0 Å². The minimum absolute atomic E-state index is 0.556. The van der Waals surface area contributed by atoms with Crippen molar-refractivity contribution in [1.29, 1.82) is 0 Å².